The smallest absolute Gasteiger partial charge is 0.416 e. The molecule has 12 heteroatoms. The summed E-state index contributed by atoms with van der Waals surface area (Å²) in [7, 11) is -4.34. The molecule has 0 saturated carbocycles. The van der Waals surface area contributed by atoms with E-state index in [-0.39, 0.29) is 29.1 Å². The lowest BCUT2D eigenvalue weighted by Gasteiger charge is -2.25. The number of amides is 1. The summed E-state index contributed by atoms with van der Waals surface area (Å²) in [5.74, 6) is -1.21. The Morgan fingerprint density at radius 3 is 2.16 bits per heavy atom. The molecule has 4 rings (SSSR count). The number of alkyl halides is 3. The van der Waals surface area contributed by atoms with Crippen molar-refractivity contribution in [2.45, 2.75) is 37.0 Å². The van der Waals surface area contributed by atoms with E-state index in [1.54, 1.807) is 48.5 Å². The number of nitrogens with zero attached hydrogens (tertiary/aromatic N) is 1. The predicted octanol–water partition coefficient (Wildman–Crippen LogP) is 7.01. The molecule has 0 heterocycles. The molecule has 0 aliphatic carbocycles. The summed E-state index contributed by atoms with van der Waals surface area (Å²) in [5, 5.41) is 12.3. The Bertz CT molecular complexity index is 1760. The van der Waals surface area contributed by atoms with Gasteiger partial charge in [-0.2, -0.15) is 24.9 Å². The van der Waals surface area contributed by atoms with Crippen molar-refractivity contribution in [1.29, 1.82) is 0 Å². The van der Waals surface area contributed by atoms with Crippen molar-refractivity contribution >= 4 is 39.3 Å². The highest BCUT2D eigenvalue weighted by molar-refractivity contribution is 7.98. The van der Waals surface area contributed by atoms with Gasteiger partial charge in [0.15, 0.2) is 0 Å². The first-order valence-corrected chi connectivity index (χ1v) is 16.6. The normalized spacial score (nSPS) is 12.4. The Morgan fingerprint density at radius 1 is 0.911 bits per heavy atom. The van der Waals surface area contributed by atoms with E-state index in [9.17, 15) is 36.3 Å². The fourth-order valence-corrected chi connectivity index (χ4v) is 6.66. The van der Waals surface area contributed by atoms with Crippen molar-refractivity contribution in [3.63, 3.8) is 0 Å². The van der Waals surface area contributed by atoms with Crippen LogP contribution >= 0.6 is 11.8 Å². The number of sulfonamides is 1. The third kappa shape index (κ3) is 8.06. The summed E-state index contributed by atoms with van der Waals surface area (Å²) in [4.78, 5) is 25.0. The number of carbonyl (C=O) groups is 2. The molecule has 0 bridgehead atoms. The molecule has 0 unspecified atom stereocenters. The van der Waals surface area contributed by atoms with Gasteiger partial charge in [0, 0.05) is 5.56 Å². The molecule has 0 aliphatic rings. The molecule has 0 saturated heterocycles. The number of carboxylic acid groups (broad SMARTS) is 1. The molecule has 0 fully saturated rings. The van der Waals surface area contributed by atoms with Gasteiger partial charge in [0.2, 0.25) is 0 Å². The SMILES string of the molecule is CSCC[C@@H](NC(=O)c1ccc(CN(c2ccccc2)S(=O)(=O)c2ccc(C(F)(F)F)cc2)cc1-c1ccccc1C)C(=O)O. The van der Waals surface area contributed by atoms with Crippen molar-refractivity contribution in [2.75, 3.05) is 16.3 Å². The van der Waals surface area contributed by atoms with Crippen LogP contribution in [-0.2, 0) is 27.5 Å². The third-order valence-corrected chi connectivity index (χ3v) is 9.55. The number of benzene rings is 4. The molecule has 45 heavy (non-hydrogen) atoms. The number of para-hydroxylation sites is 1. The van der Waals surface area contributed by atoms with E-state index < -0.39 is 39.7 Å². The van der Waals surface area contributed by atoms with Crippen LogP contribution in [0.5, 0.6) is 0 Å². The van der Waals surface area contributed by atoms with Crippen molar-refractivity contribution in [1.82, 2.24) is 5.32 Å². The summed E-state index contributed by atoms with van der Waals surface area (Å²) in [6.45, 7) is 1.65. The van der Waals surface area contributed by atoms with Gasteiger partial charge in [-0.25, -0.2) is 13.2 Å². The zero-order valence-corrected chi connectivity index (χ0v) is 26.0. The van der Waals surface area contributed by atoms with Gasteiger partial charge in [0.1, 0.15) is 6.04 Å². The van der Waals surface area contributed by atoms with E-state index in [0.29, 0.717) is 22.4 Å². The van der Waals surface area contributed by atoms with Gasteiger partial charge in [-0.15, -0.1) is 0 Å². The number of thioether (sulfide) groups is 1. The van der Waals surface area contributed by atoms with Crippen molar-refractivity contribution < 1.29 is 36.3 Å². The number of carbonyl (C=O) groups excluding carboxylic acids is 1. The number of hydrogen-bond donors (Lipinski definition) is 2. The summed E-state index contributed by atoms with van der Waals surface area (Å²) in [6, 6.07) is 22.4. The Balaban J connectivity index is 1.78. The molecule has 0 radical (unpaired) electrons. The van der Waals surface area contributed by atoms with E-state index in [1.165, 1.54) is 17.8 Å². The molecule has 1 atom stereocenters. The number of rotatable bonds is 12. The number of nitrogens with one attached hydrogen (secondary N) is 1. The number of halogens is 3. The van der Waals surface area contributed by atoms with Crippen LogP contribution in [0.1, 0.15) is 33.5 Å². The molecular formula is C33H31F3N2O5S2. The highest BCUT2D eigenvalue weighted by Crippen LogP contribution is 2.33. The maximum Gasteiger partial charge on any atom is 0.416 e. The average molecular weight is 657 g/mol. The lowest BCUT2D eigenvalue weighted by Crippen LogP contribution is -2.41. The zero-order chi connectivity index (χ0) is 32.8. The van der Waals surface area contributed by atoms with Crippen molar-refractivity contribution in [2.24, 2.45) is 0 Å². The Labute approximate surface area is 264 Å². The van der Waals surface area contributed by atoms with Gasteiger partial charge < -0.3 is 10.4 Å². The van der Waals surface area contributed by atoms with E-state index in [2.05, 4.69) is 5.32 Å². The fraction of sp³-hybridized carbons (Fsp3) is 0.212. The van der Waals surface area contributed by atoms with Crippen LogP contribution in [0.15, 0.2) is 102 Å². The monoisotopic (exact) mass is 656 g/mol. The number of carboxylic acids is 1. The molecule has 7 nitrogen and oxygen atoms in total. The fourth-order valence-electron chi connectivity index (χ4n) is 4.73. The van der Waals surface area contributed by atoms with Gasteiger partial charge >= 0.3 is 12.1 Å². The molecular weight excluding hydrogens is 626 g/mol. The molecule has 4 aromatic carbocycles. The second-order valence-electron chi connectivity index (χ2n) is 10.2. The zero-order valence-electron chi connectivity index (χ0n) is 24.4. The summed E-state index contributed by atoms with van der Waals surface area (Å²) in [5.41, 5.74) is 2.01. The van der Waals surface area contributed by atoms with Crippen LogP contribution in [0.3, 0.4) is 0 Å². The molecule has 2 N–H and O–H groups in total. The van der Waals surface area contributed by atoms with Crippen molar-refractivity contribution in [3.8, 4) is 11.1 Å². The second kappa shape index (κ2) is 14.2. The quantitative estimate of drug-likeness (QED) is 0.170. The lowest BCUT2D eigenvalue weighted by atomic mass is 9.93. The topological polar surface area (TPSA) is 104 Å². The van der Waals surface area contributed by atoms with Crippen LogP contribution in [0, 0.1) is 6.92 Å². The molecule has 236 valence electrons. The largest absolute Gasteiger partial charge is 0.480 e. The molecule has 0 aliphatic heterocycles. The maximum atomic E-state index is 13.9. The van der Waals surface area contributed by atoms with E-state index >= 15 is 0 Å². The van der Waals surface area contributed by atoms with Crippen LogP contribution in [0.2, 0.25) is 0 Å². The molecule has 0 aromatic heterocycles. The third-order valence-electron chi connectivity index (χ3n) is 7.12. The van der Waals surface area contributed by atoms with Crippen LogP contribution in [0.4, 0.5) is 18.9 Å². The second-order valence-corrected chi connectivity index (χ2v) is 13.1. The number of hydrogen-bond acceptors (Lipinski definition) is 5. The summed E-state index contributed by atoms with van der Waals surface area (Å²) in [6.07, 6.45) is -2.55. The molecule has 0 spiro atoms. The summed E-state index contributed by atoms with van der Waals surface area (Å²) < 4.78 is 68.4. The van der Waals surface area contributed by atoms with Crippen LogP contribution < -0.4 is 9.62 Å². The highest BCUT2D eigenvalue weighted by Gasteiger charge is 2.32. The highest BCUT2D eigenvalue weighted by atomic mass is 32.2. The first-order chi connectivity index (χ1) is 21.3. The number of anilines is 1. The standard InChI is InChI=1S/C33H31F3N2O5S2/c1-22-8-6-7-11-27(22)29-20-23(12-17-28(29)31(39)37-30(32(40)41)18-19-44-2)21-38(25-9-4-3-5-10-25)45(42,43)26-15-13-24(14-16-26)33(34,35)36/h3-17,20,30H,18-19,21H2,1-2H3,(H,37,39)(H,40,41)/t30-/m1/s1. The Hall–Kier alpha value is -4.29. The van der Waals surface area contributed by atoms with E-state index in [4.69, 9.17) is 0 Å². The number of aryl methyl sites for hydroxylation is 1. The Kier molecular flexibility index (Phi) is 10.6. The van der Waals surface area contributed by atoms with Gasteiger partial charge in [-0.05, 0) is 96.1 Å². The average Bonchev–Trinajstić information content (AvgIpc) is 3.01. The minimum absolute atomic E-state index is 0.209. The predicted molar refractivity (Wildman–Crippen MR) is 170 cm³/mol. The number of aliphatic carboxylic acids is 1. The van der Waals surface area contributed by atoms with Gasteiger partial charge in [0.25, 0.3) is 15.9 Å². The van der Waals surface area contributed by atoms with Crippen LogP contribution in [0.25, 0.3) is 11.1 Å². The summed E-state index contributed by atoms with van der Waals surface area (Å²) >= 11 is 1.46. The van der Waals surface area contributed by atoms with Crippen molar-refractivity contribution in [3.05, 3.63) is 119 Å². The Morgan fingerprint density at radius 2 is 1.56 bits per heavy atom. The van der Waals surface area contributed by atoms with E-state index in [0.717, 1.165) is 34.1 Å². The van der Waals surface area contributed by atoms with Gasteiger partial charge in [-0.1, -0.05) is 48.5 Å². The minimum Gasteiger partial charge on any atom is -0.480 e. The maximum absolute atomic E-state index is 13.9. The minimum atomic E-state index is -4.62. The molecule has 1 amide bonds. The lowest BCUT2D eigenvalue weighted by molar-refractivity contribution is -0.139. The van der Waals surface area contributed by atoms with E-state index in [1.807, 2.05) is 31.4 Å². The first kappa shape index (κ1) is 33.6. The van der Waals surface area contributed by atoms with Crippen LogP contribution in [-0.4, -0.2) is 43.5 Å². The first-order valence-electron chi connectivity index (χ1n) is 13.8. The van der Waals surface area contributed by atoms with Gasteiger partial charge in [-0.3, -0.25) is 9.10 Å². The van der Waals surface area contributed by atoms with Gasteiger partial charge in [0.05, 0.1) is 22.7 Å². The molecule has 4 aromatic rings.